The number of alkyl halides is 3. The molecule has 6 heteroatoms. The second-order valence-corrected chi connectivity index (χ2v) is 3.33. The summed E-state index contributed by atoms with van der Waals surface area (Å²) < 4.78 is 36.7. The van der Waals surface area contributed by atoms with Crippen molar-refractivity contribution in [2.24, 2.45) is 10.9 Å². The van der Waals surface area contributed by atoms with Crippen LogP contribution in [0, 0.1) is 0 Å². The van der Waals surface area contributed by atoms with Crippen LogP contribution in [-0.4, -0.2) is 19.4 Å². The number of halogens is 3. The van der Waals surface area contributed by atoms with E-state index in [1.54, 1.807) is 0 Å². The van der Waals surface area contributed by atoms with Gasteiger partial charge in [0.15, 0.2) is 0 Å². The van der Waals surface area contributed by atoms with Crippen molar-refractivity contribution in [1.29, 1.82) is 0 Å². The highest BCUT2D eigenvalue weighted by Crippen LogP contribution is 2.28. The maximum absolute atomic E-state index is 12.2. The number of nitrogens with zero attached hydrogens (tertiary/aromatic N) is 1. The average molecular weight is 246 g/mol. The van der Waals surface area contributed by atoms with E-state index >= 15 is 0 Å². The number of hydrogen-bond acceptors (Lipinski definition) is 3. The van der Waals surface area contributed by atoms with Crippen LogP contribution >= 0.6 is 0 Å². The number of oxime groups is 1. The summed E-state index contributed by atoms with van der Waals surface area (Å²) in [7, 11) is 0. The van der Waals surface area contributed by atoms with Gasteiger partial charge in [0.1, 0.15) is 6.61 Å². The lowest BCUT2D eigenvalue weighted by Gasteiger charge is -2.05. The van der Waals surface area contributed by atoms with Gasteiger partial charge in [0.2, 0.25) is 0 Å². The third-order valence-electron chi connectivity index (χ3n) is 1.95. The zero-order chi connectivity index (χ0) is 12.7. The van der Waals surface area contributed by atoms with Crippen molar-refractivity contribution in [3.05, 3.63) is 35.4 Å². The quantitative estimate of drug-likeness (QED) is 0.492. The van der Waals surface area contributed by atoms with Crippen molar-refractivity contribution in [3.8, 4) is 0 Å². The summed E-state index contributed by atoms with van der Waals surface area (Å²) in [5, 5.41) is 3.61. The van der Waals surface area contributed by atoms with Crippen LogP contribution in [-0.2, 0) is 11.0 Å². The lowest BCUT2D eigenvalue weighted by molar-refractivity contribution is -0.137. The molecule has 1 rings (SSSR count). The Kier molecular flexibility index (Phi) is 4.96. The van der Waals surface area contributed by atoms with Crippen LogP contribution in [0.3, 0.4) is 0 Å². The summed E-state index contributed by atoms with van der Waals surface area (Å²) >= 11 is 0. The molecule has 0 saturated carbocycles. The predicted molar refractivity (Wildman–Crippen MR) is 58.7 cm³/mol. The van der Waals surface area contributed by atoms with Crippen molar-refractivity contribution < 1.29 is 18.0 Å². The number of hydrogen-bond donors (Lipinski definition) is 1. The lowest BCUT2D eigenvalue weighted by Crippen LogP contribution is -2.04. The third kappa shape index (κ3) is 4.86. The van der Waals surface area contributed by atoms with Crippen molar-refractivity contribution in [2.45, 2.75) is 12.6 Å². The number of rotatable bonds is 5. The third-order valence-corrected chi connectivity index (χ3v) is 1.95. The van der Waals surface area contributed by atoms with E-state index in [0.717, 1.165) is 12.1 Å². The van der Waals surface area contributed by atoms with E-state index in [1.807, 2.05) is 0 Å². The van der Waals surface area contributed by atoms with Crippen LogP contribution in [0.25, 0.3) is 0 Å². The summed E-state index contributed by atoms with van der Waals surface area (Å²) in [5.74, 6) is 0. The van der Waals surface area contributed by atoms with E-state index < -0.39 is 11.7 Å². The molecule has 1 aromatic rings. The summed E-state index contributed by atoms with van der Waals surface area (Å²) in [6.45, 7) is 0.906. The van der Waals surface area contributed by atoms with Crippen molar-refractivity contribution in [2.75, 3.05) is 13.2 Å². The highest BCUT2D eigenvalue weighted by molar-refractivity contribution is 5.79. The molecule has 94 valence electrons. The highest BCUT2D eigenvalue weighted by Gasteiger charge is 2.29. The lowest BCUT2D eigenvalue weighted by atomic mass is 10.1. The Morgan fingerprint density at radius 3 is 2.41 bits per heavy atom. The Morgan fingerprint density at radius 2 is 1.88 bits per heavy atom. The molecule has 2 N–H and O–H groups in total. The van der Waals surface area contributed by atoms with Gasteiger partial charge in [0.25, 0.3) is 0 Å². The van der Waals surface area contributed by atoms with Crippen LogP contribution in [0.5, 0.6) is 0 Å². The van der Waals surface area contributed by atoms with E-state index in [9.17, 15) is 13.2 Å². The molecule has 0 amide bonds. The first-order chi connectivity index (χ1) is 8.04. The molecule has 0 bridgehead atoms. The Labute approximate surface area is 97.1 Å². The normalized spacial score (nSPS) is 12.0. The van der Waals surface area contributed by atoms with Crippen LogP contribution < -0.4 is 5.73 Å². The fourth-order valence-corrected chi connectivity index (χ4v) is 1.06. The van der Waals surface area contributed by atoms with Gasteiger partial charge in [-0.15, -0.1) is 0 Å². The average Bonchev–Trinajstić information content (AvgIpc) is 2.28. The van der Waals surface area contributed by atoms with Crippen LogP contribution in [0.2, 0.25) is 0 Å². The van der Waals surface area contributed by atoms with E-state index in [-0.39, 0.29) is 0 Å². The van der Waals surface area contributed by atoms with Gasteiger partial charge in [-0.05, 0) is 30.7 Å². The first-order valence-corrected chi connectivity index (χ1v) is 5.06. The second-order valence-electron chi connectivity index (χ2n) is 3.33. The van der Waals surface area contributed by atoms with Gasteiger partial charge in [0.05, 0.1) is 11.8 Å². The van der Waals surface area contributed by atoms with Gasteiger partial charge in [0, 0.05) is 0 Å². The smallest absolute Gasteiger partial charge is 0.396 e. The Balaban J connectivity index is 2.51. The Hall–Kier alpha value is -1.56. The first kappa shape index (κ1) is 13.5. The van der Waals surface area contributed by atoms with Gasteiger partial charge in [-0.25, -0.2) is 0 Å². The van der Waals surface area contributed by atoms with E-state index in [1.165, 1.54) is 18.3 Å². The van der Waals surface area contributed by atoms with Crippen LogP contribution in [0.1, 0.15) is 17.5 Å². The first-order valence-electron chi connectivity index (χ1n) is 5.06. The molecule has 17 heavy (non-hydrogen) atoms. The van der Waals surface area contributed by atoms with Gasteiger partial charge < -0.3 is 10.6 Å². The van der Waals surface area contributed by atoms with E-state index in [0.29, 0.717) is 25.1 Å². The van der Waals surface area contributed by atoms with Gasteiger partial charge in [-0.2, -0.15) is 13.2 Å². The number of benzene rings is 1. The van der Waals surface area contributed by atoms with Gasteiger partial charge in [-0.3, -0.25) is 0 Å². The molecular formula is C11H13F3N2O. The van der Waals surface area contributed by atoms with Crippen molar-refractivity contribution in [1.82, 2.24) is 0 Å². The minimum atomic E-state index is -4.31. The molecular weight excluding hydrogens is 233 g/mol. The standard InChI is InChI=1S/C11H13F3N2O/c12-11(13,14)10-4-2-9(3-5-10)8-16-17-7-1-6-15/h2-5,8H,1,6-7,15H2/b16-8+. The summed E-state index contributed by atoms with van der Waals surface area (Å²) in [6.07, 6.45) is -2.27. The number of nitrogens with two attached hydrogens (primary N) is 1. The maximum atomic E-state index is 12.2. The summed E-state index contributed by atoms with van der Waals surface area (Å²) in [4.78, 5) is 4.84. The topological polar surface area (TPSA) is 47.6 Å². The Morgan fingerprint density at radius 1 is 1.24 bits per heavy atom. The molecule has 1 aromatic carbocycles. The van der Waals surface area contributed by atoms with Crippen molar-refractivity contribution >= 4 is 6.21 Å². The molecule has 0 aliphatic carbocycles. The molecule has 0 aliphatic rings. The van der Waals surface area contributed by atoms with E-state index in [4.69, 9.17) is 10.6 Å². The summed E-state index contributed by atoms with van der Waals surface area (Å²) in [6, 6.07) is 4.67. The largest absolute Gasteiger partial charge is 0.416 e. The monoisotopic (exact) mass is 246 g/mol. The fourth-order valence-electron chi connectivity index (χ4n) is 1.06. The SMILES string of the molecule is NCCCO/N=C/c1ccc(C(F)(F)F)cc1. The molecule has 0 aliphatic heterocycles. The second kappa shape index (κ2) is 6.24. The minimum absolute atomic E-state index is 0.396. The van der Waals surface area contributed by atoms with Crippen LogP contribution in [0.15, 0.2) is 29.4 Å². The molecule has 0 heterocycles. The molecule has 0 aromatic heterocycles. The predicted octanol–water partition coefficient (Wildman–Crippen LogP) is 2.40. The molecule has 0 unspecified atom stereocenters. The zero-order valence-corrected chi connectivity index (χ0v) is 9.07. The molecule has 0 spiro atoms. The highest BCUT2D eigenvalue weighted by atomic mass is 19.4. The molecule has 0 fully saturated rings. The van der Waals surface area contributed by atoms with E-state index in [2.05, 4.69) is 5.16 Å². The van der Waals surface area contributed by atoms with Crippen LogP contribution in [0.4, 0.5) is 13.2 Å². The zero-order valence-electron chi connectivity index (χ0n) is 9.07. The molecule has 0 saturated heterocycles. The molecule has 0 atom stereocenters. The van der Waals surface area contributed by atoms with Crippen molar-refractivity contribution in [3.63, 3.8) is 0 Å². The Bertz CT molecular complexity index is 360. The van der Waals surface area contributed by atoms with Gasteiger partial charge >= 0.3 is 6.18 Å². The summed E-state index contributed by atoms with van der Waals surface area (Å²) in [5.41, 5.74) is 5.11. The molecule has 3 nitrogen and oxygen atoms in total. The maximum Gasteiger partial charge on any atom is 0.416 e. The molecule has 0 radical (unpaired) electrons. The minimum Gasteiger partial charge on any atom is -0.396 e. The fraction of sp³-hybridized carbons (Fsp3) is 0.364. The van der Waals surface area contributed by atoms with Gasteiger partial charge in [-0.1, -0.05) is 17.3 Å².